The zero-order chi connectivity index (χ0) is 23.3. The molecule has 2 aliphatic rings. The fourth-order valence-electron chi connectivity index (χ4n) is 4.99. The Morgan fingerprint density at radius 1 is 0.970 bits per heavy atom. The summed E-state index contributed by atoms with van der Waals surface area (Å²) >= 11 is 6.03. The van der Waals surface area contributed by atoms with Crippen molar-refractivity contribution in [2.75, 3.05) is 6.54 Å². The Kier molecular flexibility index (Phi) is 5.25. The first-order valence-corrected chi connectivity index (χ1v) is 11.5. The summed E-state index contributed by atoms with van der Waals surface area (Å²) in [6.07, 6.45) is 3.23. The zero-order valence-electron chi connectivity index (χ0n) is 18.7. The molecule has 1 aliphatic heterocycles. The number of aromatic nitrogens is 1. The van der Waals surface area contributed by atoms with Crippen molar-refractivity contribution in [3.63, 3.8) is 0 Å². The number of amides is 1. The van der Waals surface area contributed by atoms with Crippen LogP contribution in [0.4, 0.5) is 0 Å². The number of halogens is 1. The third-order valence-electron chi connectivity index (χ3n) is 6.65. The van der Waals surface area contributed by atoms with Crippen LogP contribution in [0.3, 0.4) is 0 Å². The lowest BCUT2D eigenvalue weighted by Crippen LogP contribution is -2.42. The predicted octanol–water partition coefficient (Wildman–Crippen LogP) is 4.84. The summed E-state index contributed by atoms with van der Waals surface area (Å²) < 4.78 is 1.41. The van der Waals surface area contributed by atoms with Gasteiger partial charge in [-0.1, -0.05) is 49.7 Å². The quantitative estimate of drug-likeness (QED) is 0.549. The number of ketones is 1. The summed E-state index contributed by atoms with van der Waals surface area (Å²) in [7, 11) is 0. The van der Waals surface area contributed by atoms with Gasteiger partial charge in [0.1, 0.15) is 5.56 Å². The highest BCUT2D eigenvalue weighted by atomic mass is 35.5. The molecule has 0 unspecified atom stereocenters. The average molecular weight is 461 g/mol. The van der Waals surface area contributed by atoms with E-state index in [-0.39, 0.29) is 22.7 Å². The molecule has 3 aromatic rings. The van der Waals surface area contributed by atoms with E-state index >= 15 is 0 Å². The van der Waals surface area contributed by atoms with Crippen LogP contribution in [0.2, 0.25) is 5.02 Å². The molecule has 1 aliphatic carbocycles. The number of hydrogen-bond donors (Lipinski definition) is 0. The molecule has 2 heterocycles. The van der Waals surface area contributed by atoms with Crippen molar-refractivity contribution in [2.24, 2.45) is 5.41 Å². The fraction of sp³-hybridized carbons (Fsp3) is 0.296. The van der Waals surface area contributed by atoms with Gasteiger partial charge in [-0.2, -0.15) is 0 Å². The van der Waals surface area contributed by atoms with Crippen LogP contribution in [0.5, 0.6) is 0 Å². The van der Waals surface area contributed by atoms with Crippen molar-refractivity contribution >= 4 is 23.3 Å². The lowest BCUT2D eigenvalue weighted by Gasteiger charge is -2.34. The van der Waals surface area contributed by atoms with Gasteiger partial charge in [-0.05, 0) is 59.2 Å². The number of Topliss-reactive ketones (excluding diaryl/α,β-unsaturated/α-hetero) is 1. The van der Waals surface area contributed by atoms with Crippen LogP contribution < -0.4 is 5.56 Å². The van der Waals surface area contributed by atoms with Gasteiger partial charge in [-0.15, -0.1) is 0 Å². The largest absolute Gasteiger partial charge is 0.334 e. The molecular formula is C27H25ClN2O3. The molecule has 0 saturated heterocycles. The molecule has 0 bridgehead atoms. The van der Waals surface area contributed by atoms with Gasteiger partial charge in [0.2, 0.25) is 0 Å². The molecule has 168 valence electrons. The van der Waals surface area contributed by atoms with Gasteiger partial charge in [-0.3, -0.25) is 19.0 Å². The molecule has 0 saturated carbocycles. The molecule has 33 heavy (non-hydrogen) atoms. The first-order chi connectivity index (χ1) is 15.7. The van der Waals surface area contributed by atoms with Gasteiger partial charge in [0, 0.05) is 42.0 Å². The Labute approximate surface area is 197 Å². The fourth-order valence-corrected chi connectivity index (χ4v) is 5.11. The first kappa shape index (κ1) is 21.7. The summed E-state index contributed by atoms with van der Waals surface area (Å²) in [5.74, 6) is -0.346. The second-order valence-corrected chi connectivity index (χ2v) is 10.2. The van der Waals surface area contributed by atoms with Gasteiger partial charge in [-0.25, -0.2) is 0 Å². The van der Waals surface area contributed by atoms with E-state index in [4.69, 9.17) is 11.6 Å². The molecule has 0 spiro atoms. The topological polar surface area (TPSA) is 59.4 Å². The van der Waals surface area contributed by atoms with E-state index in [1.165, 1.54) is 10.1 Å². The maximum atomic E-state index is 13.8. The lowest BCUT2D eigenvalue weighted by molar-refractivity contribution is 0.0730. The number of pyridine rings is 1. The number of fused-ring (bicyclic) bond motifs is 2. The van der Waals surface area contributed by atoms with Crippen molar-refractivity contribution in [3.8, 4) is 5.69 Å². The van der Waals surface area contributed by atoms with Crippen molar-refractivity contribution < 1.29 is 9.59 Å². The van der Waals surface area contributed by atoms with Crippen LogP contribution in [-0.4, -0.2) is 27.7 Å². The minimum atomic E-state index is -0.398. The average Bonchev–Trinajstić information content (AvgIpc) is 2.78. The third-order valence-corrected chi connectivity index (χ3v) is 6.90. The minimum Gasteiger partial charge on any atom is -0.334 e. The van der Waals surface area contributed by atoms with E-state index in [0.29, 0.717) is 47.8 Å². The Hall–Kier alpha value is -3.18. The van der Waals surface area contributed by atoms with Crippen LogP contribution in [-0.2, 0) is 19.4 Å². The van der Waals surface area contributed by atoms with Crippen LogP contribution in [0.15, 0.2) is 59.5 Å². The molecule has 5 rings (SSSR count). The number of rotatable bonds is 2. The van der Waals surface area contributed by atoms with Crippen LogP contribution in [0, 0.1) is 5.41 Å². The van der Waals surface area contributed by atoms with Crippen molar-refractivity contribution in [1.82, 2.24) is 9.47 Å². The summed E-state index contributed by atoms with van der Waals surface area (Å²) in [4.78, 5) is 42.4. The predicted molar refractivity (Wildman–Crippen MR) is 128 cm³/mol. The number of benzene rings is 2. The Bertz CT molecular complexity index is 1340. The highest BCUT2D eigenvalue weighted by Crippen LogP contribution is 2.36. The van der Waals surface area contributed by atoms with Crippen molar-refractivity contribution in [2.45, 2.75) is 39.7 Å². The molecule has 2 aromatic carbocycles. The molecule has 1 amide bonds. The second kappa shape index (κ2) is 7.99. The van der Waals surface area contributed by atoms with E-state index in [0.717, 1.165) is 12.0 Å². The molecule has 0 N–H and O–H groups in total. The highest BCUT2D eigenvalue weighted by Gasteiger charge is 2.37. The molecule has 0 fully saturated rings. The molecule has 1 aromatic heterocycles. The van der Waals surface area contributed by atoms with E-state index in [1.807, 2.05) is 32.0 Å². The van der Waals surface area contributed by atoms with Gasteiger partial charge >= 0.3 is 0 Å². The summed E-state index contributed by atoms with van der Waals surface area (Å²) in [6, 6.07) is 14.9. The van der Waals surface area contributed by atoms with Crippen molar-refractivity contribution in [3.05, 3.63) is 97.9 Å². The van der Waals surface area contributed by atoms with E-state index < -0.39 is 5.56 Å². The molecule has 6 heteroatoms. The number of carbonyl (C=O) groups is 2. The van der Waals surface area contributed by atoms with Crippen LogP contribution in [0.1, 0.15) is 57.7 Å². The first-order valence-electron chi connectivity index (χ1n) is 11.2. The maximum absolute atomic E-state index is 13.8. The van der Waals surface area contributed by atoms with Crippen LogP contribution in [0.25, 0.3) is 5.69 Å². The lowest BCUT2D eigenvalue weighted by atomic mass is 9.73. The van der Waals surface area contributed by atoms with Gasteiger partial charge < -0.3 is 4.90 Å². The van der Waals surface area contributed by atoms with E-state index in [9.17, 15) is 14.4 Å². The van der Waals surface area contributed by atoms with E-state index in [1.54, 1.807) is 35.4 Å². The van der Waals surface area contributed by atoms with Gasteiger partial charge in [0.15, 0.2) is 5.78 Å². The second-order valence-electron chi connectivity index (χ2n) is 9.73. The maximum Gasteiger partial charge on any atom is 0.268 e. The number of nitrogens with zero attached hydrogens (tertiary/aromatic N) is 2. The molecule has 0 radical (unpaired) electrons. The van der Waals surface area contributed by atoms with Crippen molar-refractivity contribution in [1.29, 1.82) is 0 Å². The number of carbonyl (C=O) groups excluding carboxylic acids is 2. The third kappa shape index (κ3) is 3.91. The monoisotopic (exact) mass is 460 g/mol. The molecule has 5 nitrogen and oxygen atoms in total. The number of hydrogen-bond acceptors (Lipinski definition) is 3. The Balaban J connectivity index is 1.67. The normalized spacial score (nSPS) is 16.8. The Morgan fingerprint density at radius 2 is 1.67 bits per heavy atom. The highest BCUT2D eigenvalue weighted by molar-refractivity contribution is 6.30. The zero-order valence-corrected chi connectivity index (χ0v) is 19.5. The van der Waals surface area contributed by atoms with Gasteiger partial charge in [0.05, 0.1) is 0 Å². The Morgan fingerprint density at radius 3 is 2.39 bits per heavy atom. The standard InChI is InChI=1S/C27H25ClN2O3/c1-27(2)13-21-22(23(31)14-27)16-30(20-9-7-19(28)8-10-20)26(33)24(21)25(32)29-12-11-17-5-3-4-6-18(17)15-29/h3-10,16H,11-15H2,1-2H3. The molecular weight excluding hydrogens is 436 g/mol. The summed E-state index contributed by atoms with van der Waals surface area (Å²) in [6.45, 7) is 5.00. The smallest absolute Gasteiger partial charge is 0.268 e. The summed E-state index contributed by atoms with van der Waals surface area (Å²) in [5.41, 5.74) is 3.34. The summed E-state index contributed by atoms with van der Waals surface area (Å²) in [5, 5.41) is 0.547. The van der Waals surface area contributed by atoms with Crippen LogP contribution >= 0.6 is 11.6 Å². The minimum absolute atomic E-state index is 0.0398. The molecule has 0 atom stereocenters. The van der Waals surface area contributed by atoms with Gasteiger partial charge in [0.25, 0.3) is 11.5 Å². The van der Waals surface area contributed by atoms with E-state index in [2.05, 4.69) is 6.07 Å². The SMILES string of the molecule is CC1(C)CC(=O)c2cn(-c3ccc(Cl)cc3)c(=O)c(C(=O)N3CCc4ccccc4C3)c2C1.